The molecule has 7 heteroatoms. The molecule has 1 atom stereocenters. The number of amidine groups is 1. The van der Waals surface area contributed by atoms with Crippen LogP contribution in [0.5, 0.6) is 0 Å². The second-order valence-corrected chi connectivity index (χ2v) is 3.85. The summed E-state index contributed by atoms with van der Waals surface area (Å²) in [6.07, 6.45) is 2.33. The van der Waals surface area contributed by atoms with E-state index in [-0.39, 0.29) is 5.84 Å². The maximum atomic E-state index is 13.2. The molecule has 0 saturated carbocycles. The Morgan fingerprint density at radius 2 is 2.39 bits per heavy atom. The first-order valence-electron chi connectivity index (χ1n) is 5.38. The van der Waals surface area contributed by atoms with Crippen molar-refractivity contribution in [1.82, 2.24) is 10.2 Å². The van der Waals surface area contributed by atoms with Crippen molar-refractivity contribution in [3.05, 3.63) is 23.3 Å². The highest BCUT2D eigenvalue weighted by Crippen LogP contribution is 2.28. The first kappa shape index (κ1) is 12.2. The molecule has 0 aromatic carbocycles. The third-order valence-electron chi connectivity index (χ3n) is 2.63. The molecule has 0 bridgehead atoms. The molecule has 0 amide bonds. The molecule has 1 aliphatic heterocycles. The van der Waals surface area contributed by atoms with Gasteiger partial charge >= 0.3 is 0 Å². The summed E-state index contributed by atoms with van der Waals surface area (Å²) in [6.45, 7) is 7.36. The fraction of sp³-hybridized carbons (Fsp3) is 0.273. The van der Waals surface area contributed by atoms with Gasteiger partial charge in [0.1, 0.15) is 12.4 Å². The lowest BCUT2D eigenvalue weighted by Crippen LogP contribution is -2.24. The number of aliphatic imine (C=N–C) groups is 2. The molecular weight excluding hydrogens is 235 g/mol. The van der Waals surface area contributed by atoms with Crippen molar-refractivity contribution in [2.75, 3.05) is 0 Å². The fourth-order valence-corrected chi connectivity index (χ4v) is 1.68. The molecule has 1 aliphatic rings. The highest BCUT2D eigenvalue weighted by atomic mass is 19.1. The molecule has 18 heavy (non-hydrogen) atoms. The van der Waals surface area contributed by atoms with E-state index in [1.165, 1.54) is 10.8 Å². The van der Waals surface area contributed by atoms with Crippen LogP contribution in [0.2, 0.25) is 0 Å². The van der Waals surface area contributed by atoms with Crippen LogP contribution in [-0.2, 0) is 0 Å². The Bertz CT molecular complexity index is 580. The second kappa shape index (κ2) is 4.52. The minimum atomic E-state index is -0.592. The number of nitrogens with one attached hydrogen (secondary N) is 1. The first-order chi connectivity index (χ1) is 8.54. The maximum Gasteiger partial charge on any atom is 0.295 e. The van der Waals surface area contributed by atoms with E-state index in [0.717, 1.165) is 5.56 Å². The third kappa shape index (κ3) is 1.94. The summed E-state index contributed by atoms with van der Waals surface area (Å²) in [5.41, 5.74) is 7.00. The summed E-state index contributed by atoms with van der Waals surface area (Å²) in [7, 11) is 0. The number of nitrogens with two attached hydrogens (primary N) is 1. The van der Waals surface area contributed by atoms with Crippen LogP contribution >= 0.6 is 0 Å². The standard InChI is InChI=1S/C11H14FN6/c1-4-14-10-6(2)8(16-17-10)11-15-9(13)7(12)5-18(11)3/h4-5,11H,3H2,1-2H3,(H2,13,15)(H,16,17)/q+1. The quantitative estimate of drug-likeness (QED) is 0.612. The molecule has 94 valence electrons. The zero-order valence-electron chi connectivity index (χ0n) is 10.2. The van der Waals surface area contributed by atoms with Gasteiger partial charge in [0.05, 0.1) is 0 Å². The van der Waals surface area contributed by atoms with Crippen molar-refractivity contribution in [2.24, 2.45) is 15.7 Å². The Balaban J connectivity index is 2.42. The predicted molar refractivity (Wildman–Crippen MR) is 68.1 cm³/mol. The SMILES string of the molecule is C=[N+]1C=C(F)C(N)=NC1c1[nH]nc(N=CC)c1C. The van der Waals surface area contributed by atoms with Crippen molar-refractivity contribution in [1.29, 1.82) is 0 Å². The number of halogens is 1. The van der Waals surface area contributed by atoms with Crippen molar-refractivity contribution in [3.63, 3.8) is 0 Å². The van der Waals surface area contributed by atoms with Crippen LogP contribution in [0.3, 0.4) is 0 Å². The van der Waals surface area contributed by atoms with Crippen LogP contribution < -0.4 is 5.73 Å². The van der Waals surface area contributed by atoms with Gasteiger partial charge in [-0.2, -0.15) is 19.1 Å². The van der Waals surface area contributed by atoms with E-state index in [0.29, 0.717) is 11.5 Å². The van der Waals surface area contributed by atoms with E-state index in [4.69, 9.17) is 5.73 Å². The number of hydrogen-bond acceptors (Lipinski definition) is 4. The summed E-state index contributed by atoms with van der Waals surface area (Å²) in [6, 6.07) is 0. The molecule has 1 aromatic heterocycles. The van der Waals surface area contributed by atoms with E-state index >= 15 is 0 Å². The lowest BCUT2D eigenvalue weighted by atomic mass is 10.2. The van der Waals surface area contributed by atoms with E-state index in [9.17, 15) is 4.39 Å². The van der Waals surface area contributed by atoms with E-state index in [1.807, 2.05) is 6.92 Å². The van der Waals surface area contributed by atoms with Crippen LogP contribution in [0.1, 0.15) is 24.3 Å². The van der Waals surface area contributed by atoms with Gasteiger partial charge in [-0.05, 0) is 13.8 Å². The number of aromatic amines is 1. The van der Waals surface area contributed by atoms with Gasteiger partial charge in [0.25, 0.3) is 6.17 Å². The van der Waals surface area contributed by atoms with Crippen LogP contribution in [0.25, 0.3) is 0 Å². The van der Waals surface area contributed by atoms with E-state index in [2.05, 4.69) is 26.9 Å². The van der Waals surface area contributed by atoms with Gasteiger partial charge in [-0.25, -0.2) is 4.99 Å². The van der Waals surface area contributed by atoms with E-state index in [1.54, 1.807) is 13.1 Å². The van der Waals surface area contributed by atoms with Gasteiger partial charge in [0, 0.05) is 11.8 Å². The highest BCUT2D eigenvalue weighted by molar-refractivity contribution is 5.95. The van der Waals surface area contributed by atoms with Crippen LogP contribution in [0, 0.1) is 6.92 Å². The molecular formula is C11H14FN6+. The molecule has 3 N–H and O–H groups in total. The van der Waals surface area contributed by atoms with Gasteiger partial charge in [-0.15, -0.1) is 0 Å². The Kier molecular flexibility index (Phi) is 3.05. The zero-order valence-corrected chi connectivity index (χ0v) is 10.2. The molecule has 2 rings (SSSR count). The Morgan fingerprint density at radius 1 is 1.67 bits per heavy atom. The highest BCUT2D eigenvalue weighted by Gasteiger charge is 2.30. The van der Waals surface area contributed by atoms with Crippen molar-refractivity contribution in [2.45, 2.75) is 20.0 Å². The average Bonchev–Trinajstić information content (AvgIpc) is 2.67. The van der Waals surface area contributed by atoms with Gasteiger partial charge in [0.15, 0.2) is 11.7 Å². The first-order valence-corrected chi connectivity index (χ1v) is 5.38. The third-order valence-corrected chi connectivity index (χ3v) is 2.63. The van der Waals surface area contributed by atoms with Crippen molar-refractivity contribution < 1.29 is 8.97 Å². The average molecular weight is 249 g/mol. The number of aromatic nitrogens is 2. The van der Waals surface area contributed by atoms with E-state index < -0.39 is 12.0 Å². The van der Waals surface area contributed by atoms with Crippen LogP contribution in [0.15, 0.2) is 22.0 Å². The summed E-state index contributed by atoms with van der Waals surface area (Å²) in [5.74, 6) is -0.163. The molecule has 1 unspecified atom stereocenters. The number of hydrogen-bond donors (Lipinski definition) is 2. The Morgan fingerprint density at radius 3 is 3.06 bits per heavy atom. The Labute approximate surface area is 103 Å². The van der Waals surface area contributed by atoms with Crippen LogP contribution in [0.4, 0.5) is 10.2 Å². The molecule has 0 saturated heterocycles. The fourth-order valence-electron chi connectivity index (χ4n) is 1.68. The van der Waals surface area contributed by atoms with Gasteiger partial charge in [-0.3, -0.25) is 5.10 Å². The lowest BCUT2D eigenvalue weighted by molar-refractivity contribution is -0.500. The molecule has 0 aliphatic carbocycles. The normalized spacial score (nSPS) is 20.2. The summed E-state index contributed by atoms with van der Waals surface area (Å²) < 4.78 is 14.6. The lowest BCUT2D eigenvalue weighted by Gasteiger charge is -2.12. The van der Waals surface area contributed by atoms with Gasteiger partial charge in [-0.1, -0.05) is 0 Å². The van der Waals surface area contributed by atoms with Crippen molar-refractivity contribution in [3.8, 4) is 0 Å². The minimum Gasteiger partial charge on any atom is -0.381 e. The molecule has 2 heterocycles. The molecule has 0 fully saturated rings. The number of rotatable bonds is 2. The summed E-state index contributed by atoms with van der Waals surface area (Å²) in [4.78, 5) is 8.15. The second-order valence-electron chi connectivity index (χ2n) is 3.85. The van der Waals surface area contributed by atoms with Gasteiger partial charge < -0.3 is 5.73 Å². The monoisotopic (exact) mass is 249 g/mol. The molecule has 6 nitrogen and oxygen atoms in total. The van der Waals surface area contributed by atoms with Gasteiger partial charge in [0.2, 0.25) is 12.0 Å². The summed E-state index contributed by atoms with van der Waals surface area (Å²) in [5, 5.41) is 6.89. The largest absolute Gasteiger partial charge is 0.381 e. The topological polar surface area (TPSA) is 82.4 Å². The molecule has 0 radical (unpaired) electrons. The molecule has 1 aromatic rings. The zero-order chi connectivity index (χ0) is 13.3. The molecule has 0 spiro atoms. The van der Waals surface area contributed by atoms with Crippen molar-refractivity contribution >= 4 is 24.6 Å². The van der Waals surface area contributed by atoms with Crippen LogP contribution in [-0.4, -0.2) is 33.5 Å². The summed E-state index contributed by atoms with van der Waals surface area (Å²) >= 11 is 0. The predicted octanol–water partition coefficient (Wildman–Crippen LogP) is 1.33. The number of H-pyrrole nitrogens is 1. The smallest absolute Gasteiger partial charge is 0.295 e. The number of nitrogens with zero attached hydrogens (tertiary/aromatic N) is 4. The Hall–Kier alpha value is -2.31. The maximum absolute atomic E-state index is 13.2. The minimum absolute atomic E-state index is 0.144.